The number of hydrogen-bond donors (Lipinski definition) is 2. The summed E-state index contributed by atoms with van der Waals surface area (Å²) >= 11 is 0. The van der Waals surface area contributed by atoms with Gasteiger partial charge < -0.3 is 25.0 Å². The van der Waals surface area contributed by atoms with E-state index < -0.39 is 0 Å². The number of primary amides is 1. The van der Waals surface area contributed by atoms with Crippen LogP contribution in [0.3, 0.4) is 0 Å². The van der Waals surface area contributed by atoms with E-state index in [1.165, 1.54) is 11.1 Å². The molecule has 0 bridgehead atoms. The number of fused-ring (bicyclic) bond motifs is 1. The molecule has 31 heavy (non-hydrogen) atoms. The number of aromatic nitrogens is 1. The maximum Gasteiger partial charge on any atom is 0.248 e. The molecule has 1 saturated heterocycles. The fraction of sp³-hybridized carbons (Fsp3) is 0.400. The lowest BCUT2D eigenvalue weighted by Crippen LogP contribution is -2.36. The molecule has 2 aromatic carbocycles. The molecule has 3 aromatic rings. The number of piperidine rings is 1. The van der Waals surface area contributed by atoms with Crippen molar-refractivity contribution < 1.29 is 14.6 Å². The lowest BCUT2D eigenvalue weighted by molar-refractivity contribution is 0.100. The van der Waals surface area contributed by atoms with E-state index in [0.29, 0.717) is 18.0 Å². The van der Waals surface area contributed by atoms with Crippen LogP contribution in [0.15, 0.2) is 48.7 Å². The molecule has 1 aliphatic heterocycles. The Morgan fingerprint density at radius 2 is 1.97 bits per heavy atom. The Balaban J connectivity index is 1.41. The van der Waals surface area contributed by atoms with Crippen LogP contribution in [-0.2, 0) is 12.8 Å². The lowest BCUT2D eigenvalue weighted by atomic mass is 9.99. The first-order chi connectivity index (χ1) is 15.1. The van der Waals surface area contributed by atoms with Gasteiger partial charge in [-0.05, 0) is 66.5 Å². The summed E-state index contributed by atoms with van der Waals surface area (Å²) in [5, 5.41) is 10.5. The summed E-state index contributed by atoms with van der Waals surface area (Å²) in [6, 6.07) is 14.3. The van der Waals surface area contributed by atoms with Crippen LogP contribution < -0.4 is 10.5 Å². The van der Waals surface area contributed by atoms with E-state index in [2.05, 4.69) is 27.8 Å². The van der Waals surface area contributed by atoms with Gasteiger partial charge in [-0.15, -0.1) is 0 Å². The Hall–Kier alpha value is -2.83. The fourth-order valence-electron chi connectivity index (χ4n) is 4.75. The summed E-state index contributed by atoms with van der Waals surface area (Å²) in [5.41, 5.74) is 9.48. The van der Waals surface area contributed by atoms with Gasteiger partial charge in [0.05, 0.1) is 7.11 Å². The number of benzene rings is 2. The van der Waals surface area contributed by atoms with Crippen molar-refractivity contribution in [3.05, 3.63) is 65.4 Å². The molecule has 4 rings (SSSR count). The summed E-state index contributed by atoms with van der Waals surface area (Å²) < 4.78 is 7.87. The molecule has 0 spiro atoms. The summed E-state index contributed by atoms with van der Waals surface area (Å²) in [5.74, 6) is 0.520. The second-order valence-electron chi connectivity index (χ2n) is 8.26. The van der Waals surface area contributed by atoms with E-state index in [9.17, 15) is 9.90 Å². The van der Waals surface area contributed by atoms with Crippen LogP contribution in [0.25, 0.3) is 10.9 Å². The summed E-state index contributed by atoms with van der Waals surface area (Å²) in [6.45, 7) is 3.19. The van der Waals surface area contributed by atoms with Crippen molar-refractivity contribution in [3.8, 4) is 5.75 Å². The van der Waals surface area contributed by atoms with Crippen molar-refractivity contribution in [1.82, 2.24) is 9.47 Å². The number of methoxy groups -OCH3 is 1. The van der Waals surface area contributed by atoms with Crippen LogP contribution in [-0.4, -0.2) is 53.8 Å². The van der Waals surface area contributed by atoms with Crippen molar-refractivity contribution in [2.75, 3.05) is 33.4 Å². The predicted octanol–water partition coefficient (Wildman–Crippen LogP) is 3.16. The molecular formula is C25H31N3O3. The first kappa shape index (κ1) is 21.4. The van der Waals surface area contributed by atoms with Gasteiger partial charge in [-0.25, -0.2) is 0 Å². The number of aliphatic hydroxyl groups excluding tert-OH is 1. The minimum absolute atomic E-state index is 0.147. The highest BCUT2D eigenvalue weighted by Gasteiger charge is 2.22. The minimum Gasteiger partial charge on any atom is -0.496 e. The molecule has 0 atom stereocenters. The van der Waals surface area contributed by atoms with Crippen molar-refractivity contribution in [3.63, 3.8) is 0 Å². The molecule has 164 valence electrons. The van der Waals surface area contributed by atoms with E-state index in [1.54, 1.807) is 13.2 Å². The van der Waals surface area contributed by atoms with Gasteiger partial charge in [0.15, 0.2) is 0 Å². The second-order valence-corrected chi connectivity index (χ2v) is 8.26. The monoisotopic (exact) mass is 421 g/mol. The summed E-state index contributed by atoms with van der Waals surface area (Å²) in [7, 11) is 1.71. The zero-order valence-corrected chi connectivity index (χ0v) is 18.1. The van der Waals surface area contributed by atoms with Gasteiger partial charge in [0.1, 0.15) is 5.75 Å². The van der Waals surface area contributed by atoms with Gasteiger partial charge in [0.2, 0.25) is 5.91 Å². The van der Waals surface area contributed by atoms with Crippen molar-refractivity contribution >= 4 is 16.8 Å². The van der Waals surface area contributed by atoms with Gasteiger partial charge in [-0.1, -0.05) is 18.2 Å². The Morgan fingerprint density at radius 1 is 1.16 bits per heavy atom. The number of nitrogens with two attached hydrogens (primary N) is 1. The largest absolute Gasteiger partial charge is 0.496 e. The van der Waals surface area contributed by atoms with Crippen molar-refractivity contribution in [2.45, 2.75) is 31.7 Å². The van der Waals surface area contributed by atoms with E-state index >= 15 is 0 Å². The van der Waals surface area contributed by atoms with E-state index in [4.69, 9.17) is 10.5 Å². The van der Waals surface area contributed by atoms with Crippen LogP contribution in [0.1, 0.15) is 40.4 Å². The third kappa shape index (κ3) is 4.60. The summed E-state index contributed by atoms with van der Waals surface area (Å²) in [4.78, 5) is 14.1. The van der Waals surface area contributed by atoms with E-state index in [1.807, 2.05) is 24.3 Å². The number of amides is 1. The SMILES string of the molecule is COc1cccc(CCO)c1CCN1CCC(n2ccc3ccc(C(N)=O)cc32)CC1. The van der Waals surface area contributed by atoms with Crippen LogP contribution in [0.2, 0.25) is 0 Å². The minimum atomic E-state index is -0.388. The Morgan fingerprint density at radius 3 is 2.68 bits per heavy atom. The van der Waals surface area contributed by atoms with E-state index in [-0.39, 0.29) is 12.5 Å². The Kier molecular flexibility index (Phi) is 6.59. The molecule has 1 aliphatic rings. The number of nitrogens with zero attached hydrogens (tertiary/aromatic N) is 2. The number of hydrogen-bond acceptors (Lipinski definition) is 4. The topological polar surface area (TPSA) is 80.7 Å². The van der Waals surface area contributed by atoms with Gasteiger partial charge >= 0.3 is 0 Å². The number of carbonyl (C=O) groups excluding carboxylic acids is 1. The molecule has 6 heteroatoms. The highest BCUT2D eigenvalue weighted by molar-refractivity contribution is 5.97. The highest BCUT2D eigenvalue weighted by atomic mass is 16.5. The van der Waals surface area contributed by atoms with Crippen molar-refractivity contribution in [2.24, 2.45) is 5.73 Å². The molecule has 0 saturated carbocycles. The highest BCUT2D eigenvalue weighted by Crippen LogP contribution is 2.29. The maximum absolute atomic E-state index is 11.6. The van der Waals surface area contributed by atoms with Gasteiger partial charge in [0.25, 0.3) is 0 Å². The van der Waals surface area contributed by atoms with Crippen LogP contribution in [0.4, 0.5) is 0 Å². The number of likely N-dealkylation sites (tertiary alicyclic amines) is 1. The molecule has 2 heterocycles. The molecule has 1 aromatic heterocycles. The van der Waals surface area contributed by atoms with Gasteiger partial charge in [-0.2, -0.15) is 0 Å². The zero-order chi connectivity index (χ0) is 21.8. The zero-order valence-electron chi connectivity index (χ0n) is 18.1. The number of aliphatic hydroxyl groups is 1. The van der Waals surface area contributed by atoms with Crippen LogP contribution in [0, 0.1) is 0 Å². The maximum atomic E-state index is 11.6. The quantitative estimate of drug-likeness (QED) is 0.585. The second kappa shape index (κ2) is 9.54. The molecule has 6 nitrogen and oxygen atoms in total. The summed E-state index contributed by atoms with van der Waals surface area (Å²) in [6.07, 6.45) is 5.84. The fourth-order valence-corrected chi connectivity index (χ4v) is 4.75. The van der Waals surface area contributed by atoms with Crippen LogP contribution >= 0.6 is 0 Å². The number of carbonyl (C=O) groups is 1. The predicted molar refractivity (Wildman–Crippen MR) is 123 cm³/mol. The Labute approximate surface area is 183 Å². The first-order valence-corrected chi connectivity index (χ1v) is 11.0. The molecular weight excluding hydrogens is 390 g/mol. The molecule has 1 amide bonds. The standard InChI is InChI=1S/C25H31N3O3/c1-31-24-4-2-3-18(11-16-29)22(24)10-14-27-12-8-21(9-13-27)28-15-7-19-5-6-20(25(26)30)17-23(19)28/h2-7,15,17,21,29H,8-14,16H2,1H3,(H2,26,30). The average molecular weight is 422 g/mol. The van der Waals surface area contributed by atoms with Crippen molar-refractivity contribution in [1.29, 1.82) is 0 Å². The first-order valence-electron chi connectivity index (χ1n) is 11.0. The average Bonchev–Trinajstić information content (AvgIpc) is 3.22. The molecule has 0 aliphatic carbocycles. The normalized spacial score (nSPS) is 15.4. The molecule has 0 radical (unpaired) electrons. The van der Waals surface area contributed by atoms with Gasteiger partial charge in [0, 0.05) is 49.6 Å². The van der Waals surface area contributed by atoms with E-state index in [0.717, 1.165) is 55.5 Å². The third-order valence-corrected chi connectivity index (χ3v) is 6.47. The van der Waals surface area contributed by atoms with Gasteiger partial charge in [-0.3, -0.25) is 4.79 Å². The third-order valence-electron chi connectivity index (χ3n) is 6.47. The smallest absolute Gasteiger partial charge is 0.248 e. The Bertz CT molecular complexity index is 1050. The number of ether oxygens (including phenoxy) is 1. The molecule has 3 N–H and O–H groups in total. The molecule has 1 fully saturated rings. The lowest BCUT2D eigenvalue weighted by Gasteiger charge is -2.33. The number of rotatable bonds is 8. The van der Waals surface area contributed by atoms with Crippen LogP contribution in [0.5, 0.6) is 5.75 Å². The molecule has 0 unspecified atom stereocenters.